The smallest absolute Gasteiger partial charge is 0.229 e. The highest BCUT2D eigenvalue weighted by molar-refractivity contribution is 7.80. The van der Waals surface area contributed by atoms with Crippen molar-refractivity contribution in [2.45, 2.75) is 42.9 Å². The van der Waals surface area contributed by atoms with Gasteiger partial charge in [-0.3, -0.25) is 8.98 Å². The number of ether oxygens (including phenoxy) is 1. The monoisotopic (exact) mass is 460 g/mol. The van der Waals surface area contributed by atoms with Gasteiger partial charge in [-0.25, -0.2) is 8.42 Å². The summed E-state index contributed by atoms with van der Waals surface area (Å²) in [6.07, 6.45) is 5.51. The van der Waals surface area contributed by atoms with E-state index < -0.39 is 10.4 Å². The minimum absolute atomic E-state index is 0.104. The van der Waals surface area contributed by atoms with E-state index in [1.54, 1.807) is 5.57 Å². The summed E-state index contributed by atoms with van der Waals surface area (Å²) in [7, 11) is -1.14. The highest BCUT2D eigenvalue weighted by Gasteiger charge is 2.75. The number of nitrogens with zero attached hydrogens (tertiary/aromatic N) is 2. The van der Waals surface area contributed by atoms with Gasteiger partial charge in [0, 0.05) is 24.4 Å². The van der Waals surface area contributed by atoms with Crippen molar-refractivity contribution < 1.29 is 31.2 Å². The molecule has 1 aromatic carbocycles. The van der Waals surface area contributed by atoms with Crippen LogP contribution >= 0.6 is 0 Å². The van der Waals surface area contributed by atoms with Gasteiger partial charge in [0.05, 0.1) is 51.3 Å². The third kappa shape index (κ3) is 2.57. The zero-order valence-corrected chi connectivity index (χ0v) is 19.1. The molecule has 7 atom stereocenters. The van der Waals surface area contributed by atoms with Gasteiger partial charge in [0.25, 0.3) is 0 Å². The van der Waals surface area contributed by atoms with Gasteiger partial charge in [-0.1, -0.05) is 24.3 Å². The lowest BCUT2D eigenvalue weighted by molar-refractivity contribution is -0.925. The first-order valence-corrected chi connectivity index (χ1v) is 12.6. The third-order valence-corrected chi connectivity index (χ3v) is 9.52. The number of piperidine rings is 2. The van der Waals surface area contributed by atoms with Crippen LogP contribution in [0.5, 0.6) is 0 Å². The maximum atomic E-state index is 13.3. The first-order chi connectivity index (χ1) is 15.2. The molecular formula is C23H28N2O6S. The summed E-state index contributed by atoms with van der Waals surface area (Å²) in [4.78, 5) is 15.5. The number of rotatable bonds is 1. The number of benzene rings is 1. The molecular weight excluding hydrogens is 432 g/mol. The number of hydrogen-bond donors (Lipinski definition) is 0. The van der Waals surface area contributed by atoms with Crippen LogP contribution < -0.4 is 4.90 Å². The Kier molecular flexibility index (Phi) is 4.31. The molecule has 32 heavy (non-hydrogen) atoms. The number of carbonyl (C=O) groups is 1. The van der Waals surface area contributed by atoms with Crippen LogP contribution in [-0.2, 0) is 29.5 Å². The Labute approximate surface area is 188 Å². The largest absolute Gasteiger partial charge is 0.726 e. The van der Waals surface area contributed by atoms with Crippen LogP contribution in [0.1, 0.15) is 24.8 Å². The Hall–Kier alpha value is -1.78. The molecule has 2 bridgehead atoms. The molecule has 0 aromatic heterocycles. The van der Waals surface area contributed by atoms with E-state index in [0.29, 0.717) is 36.9 Å². The first kappa shape index (κ1) is 20.8. The van der Waals surface area contributed by atoms with Crippen molar-refractivity contribution in [3.05, 3.63) is 41.5 Å². The molecule has 4 fully saturated rings. The Morgan fingerprint density at radius 3 is 2.81 bits per heavy atom. The van der Waals surface area contributed by atoms with E-state index in [2.05, 4.69) is 46.5 Å². The number of likely N-dealkylation sites (N-methyl/N-ethyl adjacent to an activating group) is 1. The Morgan fingerprint density at radius 2 is 2.06 bits per heavy atom. The number of quaternary nitrogens is 1. The fourth-order valence-electron chi connectivity index (χ4n) is 8.14. The zero-order chi connectivity index (χ0) is 22.5. The van der Waals surface area contributed by atoms with Crippen molar-refractivity contribution in [2.75, 3.05) is 38.8 Å². The molecule has 3 saturated heterocycles. The highest BCUT2D eigenvalue weighted by Crippen LogP contribution is 2.67. The minimum atomic E-state index is -4.41. The number of fused-ring (bicyclic) bond motifs is 2. The molecule has 1 spiro atoms. The molecule has 6 aliphatic rings. The average Bonchev–Trinajstić information content (AvgIpc) is 3.17. The summed E-state index contributed by atoms with van der Waals surface area (Å²) in [5.74, 6) is 1.36. The van der Waals surface area contributed by atoms with Gasteiger partial charge in [0.15, 0.2) is 0 Å². The number of anilines is 1. The fraction of sp³-hybridized carbons (Fsp3) is 0.609. The summed E-state index contributed by atoms with van der Waals surface area (Å²) in [5, 5.41) is 0. The summed E-state index contributed by atoms with van der Waals surface area (Å²) in [5.41, 5.74) is 4.43. The van der Waals surface area contributed by atoms with Gasteiger partial charge in [-0.05, 0) is 23.1 Å². The lowest BCUT2D eigenvalue weighted by atomic mass is 9.53. The lowest BCUT2D eigenvalue weighted by Crippen LogP contribution is -2.72. The number of amides is 1. The van der Waals surface area contributed by atoms with Crippen molar-refractivity contribution in [3.8, 4) is 0 Å². The Morgan fingerprint density at radius 1 is 1.31 bits per heavy atom. The van der Waals surface area contributed by atoms with Crippen LogP contribution in [0.2, 0.25) is 0 Å². The zero-order valence-electron chi connectivity index (χ0n) is 18.3. The second kappa shape index (κ2) is 6.64. The Balaban J connectivity index is 0.000000292. The summed E-state index contributed by atoms with van der Waals surface area (Å²) in [6.45, 7) is 3.12. The van der Waals surface area contributed by atoms with E-state index in [1.165, 1.54) is 37.2 Å². The van der Waals surface area contributed by atoms with Crippen LogP contribution in [0.4, 0.5) is 5.69 Å². The van der Waals surface area contributed by atoms with E-state index in [0.717, 1.165) is 11.6 Å². The molecule has 172 valence electrons. The molecule has 0 N–H and O–H groups in total. The number of carbonyl (C=O) groups excluding carboxylic acids is 1. The molecule has 7 rings (SSSR count). The van der Waals surface area contributed by atoms with E-state index in [4.69, 9.17) is 4.74 Å². The van der Waals surface area contributed by atoms with Crippen LogP contribution in [-0.4, -0.2) is 75.4 Å². The molecule has 1 amide bonds. The molecule has 5 aliphatic heterocycles. The van der Waals surface area contributed by atoms with E-state index in [9.17, 15) is 17.8 Å². The van der Waals surface area contributed by atoms with E-state index in [1.807, 2.05) is 0 Å². The van der Waals surface area contributed by atoms with Crippen molar-refractivity contribution in [1.82, 2.24) is 0 Å². The molecule has 8 nitrogen and oxygen atoms in total. The predicted molar refractivity (Wildman–Crippen MR) is 114 cm³/mol. The van der Waals surface area contributed by atoms with Crippen LogP contribution in [0.15, 0.2) is 35.9 Å². The average molecular weight is 461 g/mol. The van der Waals surface area contributed by atoms with Gasteiger partial charge >= 0.3 is 0 Å². The predicted octanol–water partition coefficient (Wildman–Crippen LogP) is 1.33. The molecule has 7 unspecified atom stereocenters. The van der Waals surface area contributed by atoms with Crippen LogP contribution in [0, 0.1) is 11.8 Å². The Bertz CT molecular complexity index is 1140. The van der Waals surface area contributed by atoms with Crippen molar-refractivity contribution in [1.29, 1.82) is 0 Å². The molecule has 9 heteroatoms. The topological polar surface area (TPSA) is 96.0 Å². The van der Waals surface area contributed by atoms with Crippen LogP contribution in [0.3, 0.4) is 0 Å². The maximum Gasteiger partial charge on any atom is 0.229 e. The molecule has 1 aliphatic carbocycles. The second-order valence-electron chi connectivity index (χ2n) is 10.2. The number of hydrogen-bond acceptors (Lipinski definition) is 6. The number of para-hydroxylation sites is 1. The van der Waals surface area contributed by atoms with Crippen molar-refractivity contribution in [2.24, 2.45) is 11.8 Å². The summed E-state index contributed by atoms with van der Waals surface area (Å²) < 4.78 is 38.5. The normalized spacial score (nSPS) is 42.5. The maximum absolute atomic E-state index is 13.3. The van der Waals surface area contributed by atoms with Gasteiger partial charge in [-0.2, -0.15) is 0 Å². The van der Waals surface area contributed by atoms with Crippen molar-refractivity contribution >= 4 is 22.0 Å². The summed E-state index contributed by atoms with van der Waals surface area (Å²) in [6, 6.07) is 9.76. The standard InChI is InChI=1S/C22H25N2O2.CH4O4S/c1-24-8-7-22-15-4-2-3-5-16(15)23-19(25)11-17-20(21(22)23)14(10-18(22)24)13(12-24)6-9-26-17;1-5-6(2,3)4/h2-6,14,17-18,20-21H,7-12H2,1H3;1H3,(H,2,3,4)/q+1;/p-1. The molecule has 1 saturated carbocycles. The molecule has 0 radical (unpaired) electrons. The SMILES string of the molecule is COS(=O)(=O)[O-].C[N+]12CCC34c5ccccc5N5C(=O)CC6OCC=C(C1)C(CC32)C6C54. The lowest BCUT2D eigenvalue weighted by Gasteiger charge is -2.59. The van der Waals surface area contributed by atoms with Gasteiger partial charge in [0.1, 0.15) is 12.6 Å². The van der Waals surface area contributed by atoms with Gasteiger partial charge in [-0.15, -0.1) is 0 Å². The molecule has 1 aromatic rings. The van der Waals surface area contributed by atoms with Gasteiger partial charge in [0.2, 0.25) is 16.3 Å². The van der Waals surface area contributed by atoms with Crippen LogP contribution in [0.25, 0.3) is 0 Å². The van der Waals surface area contributed by atoms with E-state index in [-0.39, 0.29) is 17.4 Å². The van der Waals surface area contributed by atoms with Gasteiger partial charge < -0.3 is 18.7 Å². The molecule has 5 heterocycles. The second-order valence-corrected chi connectivity index (χ2v) is 11.4. The highest BCUT2D eigenvalue weighted by atomic mass is 32.3. The summed E-state index contributed by atoms with van der Waals surface area (Å²) >= 11 is 0. The van der Waals surface area contributed by atoms with Crippen molar-refractivity contribution in [3.63, 3.8) is 0 Å². The third-order valence-electron chi connectivity index (χ3n) is 9.11. The quantitative estimate of drug-likeness (QED) is 0.272. The minimum Gasteiger partial charge on any atom is -0.726 e. The van der Waals surface area contributed by atoms with E-state index >= 15 is 0 Å². The fourth-order valence-corrected chi connectivity index (χ4v) is 8.14. The first-order valence-electron chi connectivity index (χ1n) is 11.3.